The van der Waals surface area contributed by atoms with Gasteiger partial charge in [0.05, 0.1) is 21.9 Å². The average molecular weight is 581 g/mol. The van der Waals surface area contributed by atoms with Crippen LogP contribution in [0.25, 0.3) is 11.3 Å². The number of aromatic nitrogens is 2. The van der Waals surface area contributed by atoms with E-state index in [9.17, 15) is 22.4 Å². The molecule has 2 aliphatic rings. The summed E-state index contributed by atoms with van der Waals surface area (Å²) in [6.45, 7) is 1.32. The number of carbonyl (C=O) groups is 1. The molecule has 0 spiro atoms. The predicted octanol–water partition coefficient (Wildman–Crippen LogP) is 6.27. The minimum atomic E-state index is -4.91. The molecule has 2 saturated heterocycles. The van der Waals surface area contributed by atoms with E-state index in [1.54, 1.807) is 36.1 Å². The van der Waals surface area contributed by atoms with Crippen LogP contribution >= 0.6 is 15.9 Å². The van der Waals surface area contributed by atoms with Gasteiger partial charge in [0.1, 0.15) is 18.2 Å². The highest BCUT2D eigenvalue weighted by molar-refractivity contribution is 9.10. The first-order valence-electron chi connectivity index (χ1n) is 12.0. The third-order valence-electron chi connectivity index (χ3n) is 7.13. The second-order valence-corrected chi connectivity index (χ2v) is 10.2. The van der Waals surface area contributed by atoms with Gasteiger partial charge < -0.3 is 10.1 Å². The molecule has 1 aromatic heterocycles. The number of nitrogens with zero attached hydrogens (tertiary/aromatic N) is 3. The SMILES string of the molecule is Cn1ncc(Br)c1-c1cc(NC(=O)c2ccc(F)c(C(F)(F)F)c2)ccc1OCCN1C2CCC1CC2. The molecule has 2 fully saturated rings. The second kappa shape index (κ2) is 10.1. The lowest BCUT2D eigenvalue weighted by atomic mass is 10.0. The van der Waals surface area contributed by atoms with Gasteiger partial charge in [0.15, 0.2) is 0 Å². The normalized spacial score (nSPS) is 19.4. The van der Waals surface area contributed by atoms with Crippen molar-refractivity contribution in [3.8, 4) is 17.0 Å². The number of hydrogen-bond donors (Lipinski definition) is 1. The molecule has 2 aromatic carbocycles. The molecule has 0 radical (unpaired) electrons. The number of amides is 1. The lowest BCUT2D eigenvalue weighted by Gasteiger charge is -2.22. The van der Waals surface area contributed by atoms with Crippen molar-refractivity contribution >= 4 is 27.5 Å². The molecule has 1 N–H and O–H groups in total. The van der Waals surface area contributed by atoms with Crippen molar-refractivity contribution in [2.75, 3.05) is 18.5 Å². The predicted molar refractivity (Wildman–Crippen MR) is 134 cm³/mol. The fourth-order valence-electron chi connectivity index (χ4n) is 5.37. The zero-order chi connectivity index (χ0) is 26.3. The Morgan fingerprint density at radius 2 is 1.84 bits per heavy atom. The molecule has 3 aromatic rings. The Morgan fingerprint density at radius 1 is 1.14 bits per heavy atom. The monoisotopic (exact) mass is 580 g/mol. The Labute approximate surface area is 219 Å². The van der Waals surface area contributed by atoms with Gasteiger partial charge in [-0.2, -0.15) is 18.3 Å². The summed E-state index contributed by atoms with van der Waals surface area (Å²) >= 11 is 3.50. The molecule has 0 atom stereocenters. The number of halogens is 5. The number of ether oxygens (including phenoxy) is 1. The first kappa shape index (κ1) is 25.7. The topological polar surface area (TPSA) is 59.4 Å². The molecular weight excluding hydrogens is 556 g/mol. The third-order valence-corrected chi connectivity index (χ3v) is 7.71. The van der Waals surface area contributed by atoms with Gasteiger partial charge in [-0.1, -0.05) is 0 Å². The van der Waals surface area contributed by atoms with Crippen LogP contribution in [-0.4, -0.2) is 45.8 Å². The van der Waals surface area contributed by atoms with Crippen LogP contribution in [0.2, 0.25) is 0 Å². The van der Waals surface area contributed by atoms with Gasteiger partial charge in [0, 0.05) is 42.5 Å². The van der Waals surface area contributed by atoms with Crippen LogP contribution < -0.4 is 10.1 Å². The molecule has 0 saturated carbocycles. The zero-order valence-electron chi connectivity index (χ0n) is 20.0. The van der Waals surface area contributed by atoms with Crippen molar-refractivity contribution in [3.63, 3.8) is 0 Å². The maximum Gasteiger partial charge on any atom is 0.419 e. The summed E-state index contributed by atoms with van der Waals surface area (Å²) < 4.78 is 61.5. The van der Waals surface area contributed by atoms with Crippen LogP contribution in [-0.2, 0) is 13.2 Å². The van der Waals surface area contributed by atoms with Crippen molar-refractivity contribution < 1.29 is 27.1 Å². The molecule has 1 amide bonds. The molecule has 3 heterocycles. The Bertz CT molecular complexity index is 1290. The van der Waals surface area contributed by atoms with Crippen LogP contribution in [0.5, 0.6) is 5.75 Å². The number of aryl methyl sites for hydroxylation is 1. The summed E-state index contributed by atoms with van der Waals surface area (Å²) in [4.78, 5) is 15.3. The first-order valence-corrected chi connectivity index (χ1v) is 12.8. The fourth-order valence-corrected chi connectivity index (χ4v) is 5.93. The Kier molecular flexibility index (Phi) is 7.01. The Balaban J connectivity index is 1.38. The van der Waals surface area contributed by atoms with E-state index < -0.39 is 23.5 Å². The quantitative estimate of drug-likeness (QED) is 0.335. The molecule has 5 rings (SSSR count). The van der Waals surface area contributed by atoms with Crippen LogP contribution in [0.1, 0.15) is 41.6 Å². The number of rotatable bonds is 7. The minimum Gasteiger partial charge on any atom is -0.492 e. The average Bonchev–Trinajstić information content (AvgIpc) is 3.53. The summed E-state index contributed by atoms with van der Waals surface area (Å²) in [6.07, 6.45) is 1.70. The van der Waals surface area contributed by atoms with E-state index in [4.69, 9.17) is 4.74 Å². The number of hydrogen-bond acceptors (Lipinski definition) is 4. The zero-order valence-corrected chi connectivity index (χ0v) is 21.6. The first-order chi connectivity index (χ1) is 17.6. The third kappa shape index (κ3) is 5.24. The van der Waals surface area contributed by atoms with E-state index in [1.165, 1.54) is 25.7 Å². The highest BCUT2D eigenvalue weighted by Crippen LogP contribution is 2.39. The highest BCUT2D eigenvalue weighted by Gasteiger charge is 2.38. The molecule has 0 aliphatic carbocycles. The second-order valence-electron chi connectivity index (χ2n) is 9.37. The fraction of sp³-hybridized carbons (Fsp3) is 0.385. The summed E-state index contributed by atoms with van der Waals surface area (Å²) in [7, 11) is 1.77. The van der Waals surface area contributed by atoms with Gasteiger partial charge in [0.25, 0.3) is 5.91 Å². The van der Waals surface area contributed by atoms with Crippen LogP contribution in [0.15, 0.2) is 47.1 Å². The van der Waals surface area contributed by atoms with E-state index in [1.807, 2.05) is 0 Å². The van der Waals surface area contributed by atoms with E-state index in [0.29, 0.717) is 58.0 Å². The van der Waals surface area contributed by atoms with Crippen molar-refractivity contribution in [3.05, 3.63) is 64.0 Å². The molecule has 196 valence electrons. The van der Waals surface area contributed by atoms with Gasteiger partial charge in [-0.05, 0) is 78.0 Å². The van der Waals surface area contributed by atoms with Gasteiger partial charge in [0.2, 0.25) is 0 Å². The van der Waals surface area contributed by atoms with Crippen molar-refractivity contribution in [2.24, 2.45) is 7.05 Å². The van der Waals surface area contributed by atoms with E-state index >= 15 is 0 Å². The number of carbonyl (C=O) groups excluding carboxylic acids is 1. The van der Waals surface area contributed by atoms with Gasteiger partial charge in [-0.25, -0.2) is 4.39 Å². The maximum absolute atomic E-state index is 13.7. The Hall–Kier alpha value is -2.92. The molecule has 6 nitrogen and oxygen atoms in total. The van der Waals surface area contributed by atoms with Crippen LogP contribution in [0, 0.1) is 5.82 Å². The number of nitrogens with one attached hydrogen (secondary N) is 1. The molecular formula is C26H25BrF4N4O2. The number of benzene rings is 2. The van der Waals surface area contributed by atoms with Crippen LogP contribution in [0.3, 0.4) is 0 Å². The number of anilines is 1. The van der Waals surface area contributed by atoms with Crippen molar-refractivity contribution in [1.82, 2.24) is 14.7 Å². The molecule has 2 bridgehead atoms. The number of fused-ring (bicyclic) bond motifs is 2. The molecule has 0 unspecified atom stereocenters. The molecule has 37 heavy (non-hydrogen) atoms. The maximum atomic E-state index is 13.7. The van der Waals surface area contributed by atoms with E-state index in [2.05, 4.69) is 31.2 Å². The standard InChI is InChI=1S/C26H25BrF4N4O2/c1-34-24(21(27)14-32-34)19-13-16(33-25(36)15-2-8-22(28)20(12-15)26(29,30)31)3-9-23(19)37-11-10-35-17-4-5-18(35)7-6-17/h2-3,8-9,12-14,17-18H,4-7,10-11H2,1H3,(H,33,36). The van der Waals surface area contributed by atoms with E-state index in [0.717, 1.165) is 12.6 Å². The lowest BCUT2D eigenvalue weighted by molar-refractivity contribution is -0.140. The highest BCUT2D eigenvalue weighted by atomic mass is 79.9. The smallest absolute Gasteiger partial charge is 0.419 e. The number of alkyl halides is 3. The van der Waals surface area contributed by atoms with E-state index in [-0.39, 0.29) is 5.56 Å². The van der Waals surface area contributed by atoms with Gasteiger partial charge >= 0.3 is 6.18 Å². The summed E-state index contributed by atoms with van der Waals surface area (Å²) in [5, 5.41) is 6.87. The summed E-state index contributed by atoms with van der Waals surface area (Å²) in [5.74, 6) is -1.63. The Morgan fingerprint density at radius 3 is 2.46 bits per heavy atom. The van der Waals surface area contributed by atoms with Crippen LogP contribution in [0.4, 0.5) is 23.2 Å². The van der Waals surface area contributed by atoms with Gasteiger partial charge in [-0.15, -0.1) is 0 Å². The summed E-state index contributed by atoms with van der Waals surface area (Å²) in [5.41, 5.74) is -0.0824. The summed E-state index contributed by atoms with van der Waals surface area (Å²) in [6, 6.07) is 8.46. The van der Waals surface area contributed by atoms with Crippen molar-refractivity contribution in [2.45, 2.75) is 43.9 Å². The molecule has 11 heteroatoms. The lowest BCUT2D eigenvalue weighted by Crippen LogP contribution is -2.32. The van der Waals surface area contributed by atoms with Crippen molar-refractivity contribution in [1.29, 1.82) is 0 Å². The molecule has 2 aliphatic heterocycles. The largest absolute Gasteiger partial charge is 0.492 e. The van der Waals surface area contributed by atoms with Gasteiger partial charge in [-0.3, -0.25) is 14.4 Å². The minimum absolute atomic E-state index is 0.308.